The molecule has 0 radical (unpaired) electrons. The van der Waals surface area contributed by atoms with Crippen LogP contribution in [0.4, 0.5) is 0 Å². The van der Waals surface area contributed by atoms with Gasteiger partial charge in [-0.15, -0.1) is 0 Å². The lowest BCUT2D eigenvalue weighted by Gasteiger charge is -2.15. The average Bonchev–Trinajstić information content (AvgIpc) is 3.10. The predicted molar refractivity (Wildman–Crippen MR) is 80.5 cm³/mol. The molecule has 20 heavy (non-hydrogen) atoms. The molecular weight excluding hydrogens is 246 g/mol. The van der Waals surface area contributed by atoms with E-state index in [4.69, 9.17) is 0 Å². The molecule has 2 aliphatic rings. The quantitative estimate of drug-likeness (QED) is 0.899. The molecule has 1 N–H and O–H groups in total. The summed E-state index contributed by atoms with van der Waals surface area (Å²) in [6.07, 6.45) is 8.40. The van der Waals surface area contributed by atoms with E-state index in [2.05, 4.69) is 53.2 Å². The van der Waals surface area contributed by atoms with E-state index in [0.29, 0.717) is 0 Å². The number of nitrogens with zero attached hydrogens (tertiary/aromatic N) is 1. The summed E-state index contributed by atoms with van der Waals surface area (Å²) < 4.78 is 2.30. The van der Waals surface area contributed by atoms with E-state index < -0.39 is 5.60 Å². The highest BCUT2D eigenvalue weighted by atomic mass is 16.3. The second kappa shape index (κ2) is 4.35. The van der Waals surface area contributed by atoms with Gasteiger partial charge in [0.1, 0.15) is 0 Å². The standard InChI is InChI=1S/C18H19NO/c20-18(10-11-18)16-7-4-8-17-15(16)9-12-19(17)13-14-5-2-1-3-6-14/h1-3,5-6,8-9,12,20H,4,7,10-11,13H2. The van der Waals surface area contributed by atoms with E-state index >= 15 is 0 Å². The zero-order chi connectivity index (χ0) is 13.6. The van der Waals surface area contributed by atoms with Crippen molar-refractivity contribution >= 4 is 11.6 Å². The molecule has 1 aromatic carbocycles. The lowest BCUT2D eigenvalue weighted by Crippen LogP contribution is -2.36. The fourth-order valence-corrected chi connectivity index (χ4v) is 3.28. The number of benzene rings is 1. The van der Waals surface area contributed by atoms with Crippen molar-refractivity contribution in [3.63, 3.8) is 0 Å². The van der Waals surface area contributed by atoms with Gasteiger partial charge in [0.05, 0.1) is 5.60 Å². The summed E-state index contributed by atoms with van der Waals surface area (Å²) in [7, 11) is 0. The van der Waals surface area contributed by atoms with Gasteiger partial charge in [-0.1, -0.05) is 36.4 Å². The van der Waals surface area contributed by atoms with Crippen molar-refractivity contribution in [3.05, 3.63) is 58.7 Å². The minimum absolute atomic E-state index is 0.484. The van der Waals surface area contributed by atoms with Crippen LogP contribution in [0.15, 0.2) is 42.6 Å². The van der Waals surface area contributed by atoms with Crippen molar-refractivity contribution < 1.29 is 5.11 Å². The molecule has 102 valence electrons. The van der Waals surface area contributed by atoms with Crippen LogP contribution in [0.2, 0.25) is 0 Å². The van der Waals surface area contributed by atoms with E-state index in [1.165, 1.54) is 21.7 Å². The van der Waals surface area contributed by atoms with Crippen molar-refractivity contribution in [1.29, 1.82) is 0 Å². The fourth-order valence-electron chi connectivity index (χ4n) is 3.28. The van der Waals surface area contributed by atoms with Crippen LogP contribution in [-0.2, 0) is 6.54 Å². The summed E-state index contributed by atoms with van der Waals surface area (Å²) >= 11 is 0. The number of hydrogen-bond donors (Lipinski definition) is 1. The second-order valence-corrected chi connectivity index (χ2v) is 5.98. The Labute approximate surface area is 118 Å². The smallest absolute Gasteiger partial charge is 0.0868 e. The Balaban J connectivity index is 1.80. The third kappa shape index (κ3) is 1.92. The summed E-state index contributed by atoms with van der Waals surface area (Å²) in [5, 5.41) is 13.0. The number of fused-ring (bicyclic) bond motifs is 1. The highest BCUT2D eigenvalue weighted by Crippen LogP contribution is 2.44. The van der Waals surface area contributed by atoms with Crippen LogP contribution in [0.3, 0.4) is 0 Å². The van der Waals surface area contributed by atoms with E-state index in [1.54, 1.807) is 0 Å². The minimum atomic E-state index is -0.484. The number of aliphatic hydroxyl groups is 1. The summed E-state index contributed by atoms with van der Waals surface area (Å²) in [5.41, 5.74) is 2.10. The Kier molecular flexibility index (Phi) is 2.61. The van der Waals surface area contributed by atoms with Gasteiger partial charge in [0.15, 0.2) is 0 Å². The zero-order valence-electron chi connectivity index (χ0n) is 11.5. The first-order valence-corrected chi connectivity index (χ1v) is 7.42. The van der Waals surface area contributed by atoms with Gasteiger partial charge in [0.25, 0.3) is 0 Å². The van der Waals surface area contributed by atoms with Crippen molar-refractivity contribution in [3.8, 4) is 0 Å². The topological polar surface area (TPSA) is 25.2 Å². The third-order valence-corrected chi connectivity index (χ3v) is 4.54. The van der Waals surface area contributed by atoms with Crippen molar-refractivity contribution in [2.45, 2.75) is 37.8 Å². The molecule has 2 heteroatoms. The molecule has 1 saturated carbocycles. The lowest BCUT2D eigenvalue weighted by molar-refractivity contribution is 0.207. The van der Waals surface area contributed by atoms with Gasteiger partial charge in [-0.3, -0.25) is 0 Å². The Morgan fingerprint density at radius 2 is 1.90 bits per heavy atom. The first kappa shape index (κ1) is 12.0. The van der Waals surface area contributed by atoms with Crippen molar-refractivity contribution in [2.75, 3.05) is 0 Å². The first-order chi connectivity index (χ1) is 9.76. The molecule has 1 fully saturated rings. The number of aromatic nitrogens is 1. The normalized spacial score (nSPS) is 19.4. The lowest BCUT2D eigenvalue weighted by atomic mass is 9.96. The average molecular weight is 265 g/mol. The molecule has 1 aromatic heterocycles. The van der Waals surface area contributed by atoms with Crippen molar-refractivity contribution in [2.24, 2.45) is 0 Å². The largest absolute Gasteiger partial charge is 0.385 e. The molecule has 1 heterocycles. The van der Waals surface area contributed by atoms with Crippen LogP contribution in [0.5, 0.6) is 0 Å². The third-order valence-electron chi connectivity index (χ3n) is 4.54. The monoisotopic (exact) mass is 265 g/mol. The van der Waals surface area contributed by atoms with E-state index in [-0.39, 0.29) is 0 Å². The summed E-state index contributed by atoms with van der Waals surface area (Å²) in [6.45, 7) is 0.901. The number of rotatable bonds is 3. The Morgan fingerprint density at radius 1 is 1.10 bits per heavy atom. The highest BCUT2D eigenvalue weighted by molar-refractivity contribution is 5.61. The molecule has 0 amide bonds. The van der Waals surface area contributed by atoms with Crippen LogP contribution in [-0.4, -0.2) is 15.3 Å². The molecule has 0 spiro atoms. The zero-order valence-corrected chi connectivity index (χ0v) is 11.5. The fraction of sp³-hybridized carbons (Fsp3) is 0.333. The van der Waals surface area contributed by atoms with E-state index in [9.17, 15) is 5.11 Å². The van der Waals surface area contributed by atoms with Gasteiger partial charge >= 0.3 is 0 Å². The Morgan fingerprint density at radius 3 is 2.65 bits per heavy atom. The van der Waals surface area contributed by atoms with Gasteiger partial charge in [0, 0.05) is 23.3 Å². The van der Waals surface area contributed by atoms with Crippen LogP contribution in [0, 0.1) is 0 Å². The van der Waals surface area contributed by atoms with Crippen LogP contribution in [0.25, 0.3) is 11.6 Å². The maximum atomic E-state index is 10.4. The maximum Gasteiger partial charge on any atom is 0.0868 e. The molecule has 4 rings (SSSR count). The minimum Gasteiger partial charge on any atom is -0.385 e. The van der Waals surface area contributed by atoms with Gasteiger partial charge in [-0.25, -0.2) is 0 Å². The summed E-state index contributed by atoms with van der Waals surface area (Å²) in [6, 6.07) is 12.7. The maximum absolute atomic E-state index is 10.4. The predicted octanol–water partition coefficient (Wildman–Crippen LogP) is 1.79. The molecule has 0 unspecified atom stereocenters. The summed E-state index contributed by atoms with van der Waals surface area (Å²) in [4.78, 5) is 0. The van der Waals surface area contributed by atoms with Crippen molar-refractivity contribution in [1.82, 2.24) is 4.57 Å². The van der Waals surface area contributed by atoms with Gasteiger partial charge in [-0.05, 0) is 42.9 Å². The highest BCUT2D eigenvalue weighted by Gasteiger charge is 2.44. The molecule has 2 nitrogen and oxygen atoms in total. The summed E-state index contributed by atoms with van der Waals surface area (Å²) in [5.74, 6) is 0. The Hall–Kier alpha value is -1.80. The van der Waals surface area contributed by atoms with Crippen LogP contribution < -0.4 is 10.6 Å². The first-order valence-electron chi connectivity index (χ1n) is 7.42. The molecule has 0 saturated heterocycles. The van der Waals surface area contributed by atoms with E-state index in [1.807, 2.05) is 0 Å². The number of hydrogen-bond acceptors (Lipinski definition) is 1. The van der Waals surface area contributed by atoms with Crippen LogP contribution >= 0.6 is 0 Å². The van der Waals surface area contributed by atoms with E-state index in [0.717, 1.165) is 32.2 Å². The molecule has 2 aromatic rings. The second-order valence-electron chi connectivity index (χ2n) is 5.98. The molecule has 0 bridgehead atoms. The van der Waals surface area contributed by atoms with Gasteiger partial charge < -0.3 is 9.67 Å². The molecule has 0 aliphatic heterocycles. The van der Waals surface area contributed by atoms with Crippen LogP contribution in [0.1, 0.15) is 31.2 Å². The molecule has 2 aliphatic carbocycles. The molecule has 0 atom stereocenters. The van der Waals surface area contributed by atoms with Gasteiger partial charge in [0.2, 0.25) is 0 Å². The molecular formula is C18H19NO. The Bertz CT molecular complexity index is 750. The SMILES string of the molecule is OC1(C2=c3ccn(Cc4ccccc4)c3=CCC2)CC1. The van der Waals surface area contributed by atoms with Gasteiger partial charge in [-0.2, -0.15) is 0 Å².